The van der Waals surface area contributed by atoms with E-state index in [1.54, 1.807) is 70.1 Å². The summed E-state index contributed by atoms with van der Waals surface area (Å²) in [7, 11) is 0. The zero-order valence-corrected chi connectivity index (χ0v) is 38.7. The highest BCUT2D eigenvalue weighted by atomic mass is 32.2. The quantitative estimate of drug-likeness (QED) is 0.0940. The summed E-state index contributed by atoms with van der Waals surface area (Å²) >= 11 is 2.24. The Morgan fingerprint density at radius 3 is 1.05 bits per heavy atom. The van der Waals surface area contributed by atoms with Gasteiger partial charge in [-0.15, -0.1) is 23.5 Å². The van der Waals surface area contributed by atoms with E-state index in [9.17, 15) is 38.4 Å². The molecule has 2 aromatic carbocycles. The molecule has 2 aromatic heterocycles. The van der Waals surface area contributed by atoms with Crippen LogP contribution in [0.1, 0.15) is 82.1 Å². The summed E-state index contributed by atoms with van der Waals surface area (Å²) in [5.41, 5.74) is 1.35. The zero-order valence-electron chi connectivity index (χ0n) is 37.1. The molecule has 10 atom stereocenters. The summed E-state index contributed by atoms with van der Waals surface area (Å²) in [6.45, 7) is 8.74. The first kappa shape index (κ1) is 49.1. The van der Waals surface area contributed by atoms with Gasteiger partial charge in [-0.05, 0) is 12.1 Å². The van der Waals surface area contributed by atoms with E-state index in [0.717, 1.165) is 65.1 Å². The number of ether oxygens (including phenoxy) is 8. The van der Waals surface area contributed by atoms with Gasteiger partial charge in [0.05, 0.1) is 10.5 Å². The average Bonchev–Trinajstić information content (AvgIpc) is 3.81. The summed E-state index contributed by atoms with van der Waals surface area (Å²) < 4.78 is 48.6. The maximum Gasteiger partial charge on any atom is 0.303 e. The van der Waals surface area contributed by atoms with Crippen molar-refractivity contribution in [2.24, 2.45) is 0 Å². The lowest BCUT2D eigenvalue weighted by atomic mass is 10.0. The normalized spacial score (nSPS) is 24.9. The van der Waals surface area contributed by atoms with Crippen LogP contribution in [0.3, 0.4) is 0 Å². The number of nitrogens with zero attached hydrogens (tertiary/aromatic N) is 2. The molecule has 0 unspecified atom stereocenters. The summed E-state index contributed by atoms with van der Waals surface area (Å²) in [6.07, 6.45) is -4.73. The smallest absolute Gasteiger partial charge is 0.303 e. The second-order valence-corrected chi connectivity index (χ2v) is 18.2. The van der Waals surface area contributed by atoms with Crippen molar-refractivity contribution in [1.82, 2.24) is 9.13 Å². The van der Waals surface area contributed by atoms with Crippen molar-refractivity contribution >= 4 is 98.9 Å². The fourth-order valence-corrected chi connectivity index (χ4v) is 11.3. The number of ketones is 1. The Hall–Kier alpha value is -6.35. The van der Waals surface area contributed by atoms with Gasteiger partial charge >= 0.3 is 47.8 Å². The van der Waals surface area contributed by atoms with Crippen LogP contribution in [0.2, 0.25) is 0 Å². The van der Waals surface area contributed by atoms with Crippen molar-refractivity contribution in [1.29, 1.82) is 0 Å². The van der Waals surface area contributed by atoms with Crippen LogP contribution in [-0.2, 0) is 76.3 Å². The molecule has 66 heavy (non-hydrogen) atoms. The highest BCUT2D eigenvalue weighted by Gasteiger charge is 2.54. The number of rotatable bonds is 14. The summed E-state index contributed by atoms with van der Waals surface area (Å²) in [6, 6.07) is 13.8. The van der Waals surface area contributed by atoms with Gasteiger partial charge in [-0.3, -0.25) is 43.2 Å². The Bertz CT molecular complexity index is 2400. The average molecular weight is 953 g/mol. The molecule has 2 aliphatic rings. The van der Waals surface area contributed by atoms with E-state index in [0.29, 0.717) is 21.8 Å². The maximum absolute atomic E-state index is 15.3. The number of fused-ring (bicyclic) bond motifs is 2. The van der Waals surface area contributed by atoms with Gasteiger partial charge in [0.2, 0.25) is 0 Å². The topological polar surface area (TPSA) is 237 Å². The van der Waals surface area contributed by atoms with Crippen LogP contribution < -0.4 is 0 Å². The van der Waals surface area contributed by atoms with Crippen LogP contribution in [0.4, 0.5) is 0 Å². The van der Waals surface area contributed by atoms with E-state index < -0.39 is 111 Å². The van der Waals surface area contributed by atoms with Crippen molar-refractivity contribution in [2.75, 3.05) is 13.2 Å². The van der Waals surface area contributed by atoms with E-state index in [-0.39, 0.29) is 24.3 Å². The molecule has 2 fully saturated rings. The predicted molar refractivity (Wildman–Crippen MR) is 235 cm³/mol. The van der Waals surface area contributed by atoms with Crippen molar-refractivity contribution in [3.8, 4) is 0 Å². The highest BCUT2D eigenvalue weighted by molar-refractivity contribution is 8.00. The van der Waals surface area contributed by atoms with Crippen molar-refractivity contribution in [3.63, 3.8) is 0 Å². The molecule has 2 aliphatic heterocycles. The molecule has 4 heterocycles. The summed E-state index contributed by atoms with van der Waals surface area (Å²) in [5.74, 6) is -6.26. The third-order valence-corrected chi connectivity index (χ3v) is 13.5. The minimum absolute atomic E-state index is 0.187. The van der Waals surface area contributed by atoms with Gasteiger partial charge in [-0.2, -0.15) is 0 Å². The van der Waals surface area contributed by atoms with Gasteiger partial charge in [-0.25, -0.2) is 0 Å². The first-order valence-electron chi connectivity index (χ1n) is 20.6. The Labute approximate surface area is 386 Å². The van der Waals surface area contributed by atoms with Crippen LogP contribution >= 0.6 is 23.5 Å². The summed E-state index contributed by atoms with van der Waals surface area (Å²) in [4.78, 5) is 115. The Kier molecular flexibility index (Phi) is 15.5. The number of aromatic nitrogens is 2. The van der Waals surface area contributed by atoms with E-state index in [1.807, 2.05) is 0 Å². The minimum atomic E-state index is -1.39. The Balaban J connectivity index is 1.51. The third-order valence-electron chi connectivity index (χ3n) is 10.5. The predicted octanol–water partition coefficient (Wildman–Crippen LogP) is 4.77. The Morgan fingerprint density at radius 1 is 0.424 bits per heavy atom. The van der Waals surface area contributed by atoms with Crippen molar-refractivity contribution < 1.29 is 81.0 Å². The van der Waals surface area contributed by atoms with Crippen LogP contribution in [0.5, 0.6) is 0 Å². The molecule has 4 aromatic rings. The van der Waals surface area contributed by atoms with Crippen LogP contribution in [-0.4, -0.2) is 123 Å². The van der Waals surface area contributed by atoms with E-state index in [2.05, 4.69) is 0 Å². The molecule has 0 aliphatic carbocycles. The molecule has 0 amide bonds. The molecule has 352 valence electrons. The van der Waals surface area contributed by atoms with Crippen LogP contribution in [0, 0.1) is 0 Å². The number of carbonyl (C=O) groups excluding carboxylic acids is 9. The molecule has 0 saturated carbocycles. The first-order valence-corrected chi connectivity index (χ1v) is 22.5. The number of esters is 8. The van der Waals surface area contributed by atoms with Gasteiger partial charge in [0.15, 0.2) is 42.4 Å². The SMILES string of the molecule is CC(=O)OC[C@H]1S[C@@H](n2cc(C(=O)c3cn([C@@H]4S[C@H](COC(C)=O)[C@@H](OC(C)=O)[C@H](OC(C)=O)[C@H]4OC(C)=O)c4ccccc34)c3ccccc32)[C@H](OC(C)=O)[C@@H](OC(C)=O)[C@@H]1OC(C)=O. The number of carbonyl (C=O) groups is 9. The number of para-hydroxylation sites is 2. The van der Waals surface area contributed by atoms with Gasteiger partial charge in [0.1, 0.15) is 24.0 Å². The lowest BCUT2D eigenvalue weighted by Gasteiger charge is -2.44. The first-order chi connectivity index (χ1) is 31.2. The molecule has 0 N–H and O–H groups in total. The molecule has 19 nitrogen and oxygen atoms in total. The van der Waals surface area contributed by atoms with Gasteiger partial charge < -0.3 is 47.0 Å². The molecule has 2 saturated heterocycles. The zero-order chi connectivity index (χ0) is 48.1. The lowest BCUT2D eigenvalue weighted by Crippen LogP contribution is -2.57. The van der Waals surface area contributed by atoms with Crippen LogP contribution in [0.15, 0.2) is 60.9 Å². The largest absolute Gasteiger partial charge is 0.465 e. The molecule has 0 radical (unpaired) electrons. The minimum Gasteiger partial charge on any atom is -0.465 e. The number of benzene rings is 2. The maximum atomic E-state index is 15.3. The van der Waals surface area contributed by atoms with E-state index >= 15 is 4.79 Å². The Morgan fingerprint density at radius 2 is 0.727 bits per heavy atom. The van der Waals surface area contributed by atoms with Crippen molar-refractivity contribution in [2.45, 2.75) is 113 Å². The lowest BCUT2D eigenvalue weighted by molar-refractivity contribution is -0.187. The summed E-state index contributed by atoms with van der Waals surface area (Å²) in [5, 5.41) is -2.74. The molecular formula is C45H48N2O17S2. The van der Waals surface area contributed by atoms with E-state index in [4.69, 9.17) is 37.9 Å². The molecule has 21 heteroatoms. The standard InChI is InChI=1S/C45H48N2O17S2/c1-21(48)57-19-35-38(59-23(3)50)40(61-25(5)52)42(63-27(7)54)44(65-35)46-17-31(29-13-9-11-15-33(29)46)37(56)32-18-47(34-16-12-10-14-30(32)34)45-43(64-28(8)55)41(62-26(6)53)39(60-24(4)51)36(66-45)20-58-22(2)49/h9-18,35-36,38-45H,19-20H2,1-8H3/t35-,36-,38-,39-,40+,41+,42-,43-,44-,45-/m1/s1. The van der Waals surface area contributed by atoms with E-state index in [1.165, 1.54) is 13.8 Å². The molecule has 6 rings (SSSR count). The number of hydrogen-bond donors (Lipinski definition) is 0. The highest BCUT2D eigenvalue weighted by Crippen LogP contribution is 2.48. The van der Waals surface area contributed by atoms with Gasteiger partial charge in [0.25, 0.3) is 0 Å². The van der Waals surface area contributed by atoms with Crippen LogP contribution in [0.25, 0.3) is 21.8 Å². The van der Waals surface area contributed by atoms with Gasteiger partial charge in [0, 0.05) is 101 Å². The fourth-order valence-electron chi connectivity index (χ4n) is 8.20. The van der Waals surface area contributed by atoms with Gasteiger partial charge in [-0.1, -0.05) is 36.4 Å². The molecule has 0 bridgehead atoms. The molecule has 0 spiro atoms. The third kappa shape index (κ3) is 11.0. The monoisotopic (exact) mass is 952 g/mol. The molecular weight excluding hydrogens is 905 g/mol. The fraction of sp³-hybridized carbons (Fsp3) is 0.444. The second-order valence-electron chi connectivity index (χ2n) is 15.4. The second kappa shape index (κ2) is 20.9. The number of thioether (sulfide) groups is 2. The number of hydrogen-bond acceptors (Lipinski definition) is 19. The van der Waals surface area contributed by atoms with Crippen molar-refractivity contribution in [3.05, 3.63) is 72.1 Å².